The third-order valence-corrected chi connectivity index (χ3v) is 10.0. The van der Waals surface area contributed by atoms with Gasteiger partial charge in [0.15, 0.2) is 0 Å². The lowest BCUT2D eigenvalue weighted by Crippen LogP contribution is -2.47. The lowest BCUT2D eigenvalue weighted by molar-refractivity contribution is 0.660. The lowest BCUT2D eigenvalue weighted by atomic mass is 9.33. The maximum absolute atomic E-state index is 2.45. The van der Waals surface area contributed by atoms with Crippen LogP contribution in [0.25, 0.3) is 38.2 Å². The summed E-state index contributed by atoms with van der Waals surface area (Å²) in [6.45, 7) is 13.8. The van der Waals surface area contributed by atoms with Crippen molar-refractivity contribution in [3.8, 4) is 11.1 Å². The second-order valence-electron chi connectivity index (χ2n) is 13.0. The van der Waals surface area contributed by atoms with Gasteiger partial charge in [0.05, 0.1) is 0 Å². The van der Waals surface area contributed by atoms with Crippen molar-refractivity contribution in [2.45, 2.75) is 47.0 Å². The molecule has 0 fully saturated rings. The molecule has 0 unspecified atom stereocenters. The average molecular weight is 567 g/mol. The fraction of sp³-hybridized carbons (Fsp3) is 0.163. The molecule has 214 valence electrons. The van der Waals surface area contributed by atoms with Gasteiger partial charge in [0, 0.05) is 5.41 Å². The number of rotatable bonds is 5. The van der Waals surface area contributed by atoms with Gasteiger partial charge in [-0.2, -0.15) is 0 Å². The van der Waals surface area contributed by atoms with Crippen LogP contribution in [0, 0.1) is 13.8 Å². The summed E-state index contributed by atoms with van der Waals surface area (Å²) in [5, 5.41) is 5.22. The van der Waals surface area contributed by atoms with Crippen LogP contribution in [0.15, 0.2) is 133 Å². The number of aryl methyl sites for hydroxylation is 2. The summed E-state index contributed by atoms with van der Waals surface area (Å²) in [7, 11) is 0. The molecule has 0 saturated carbocycles. The first-order valence-corrected chi connectivity index (χ1v) is 15.9. The van der Waals surface area contributed by atoms with E-state index >= 15 is 0 Å². The summed E-state index contributed by atoms with van der Waals surface area (Å²) in [4.78, 5) is 0. The van der Waals surface area contributed by atoms with Gasteiger partial charge in [0.2, 0.25) is 6.71 Å². The number of fused-ring (bicyclic) bond motifs is 5. The van der Waals surface area contributed by atoms with Crippen molar-refractivity contribution >= 4 is 44.8 Å². The highest BCUT2D eigenvalue weighted by molar-refractivity contribution is 6.95. The van der Waals surface area contributed by atoms with Gasteiger partial charge in [0.1, 0.15) is 0 Å². The van der Waals surface area contributed by atoms with E-state index in [1.54, 1.807) is 0 Å². The van der Waals surface area contributed by atoms with E-state index in [0.717, 1.165) is 0 Å². The smallest absolute Gasteiger partial charge is 0.0923 e. The monoisotopic (exact) mass is 566 g/mol. The van der Waals surface area contributed by atoms with Crippen molar-refractivity contribution < 1.29 is 0 Å². The van der Waals surface area contributed by atoms with Gasteiger partial charge in [0.25, 0.3) is 0 Å². The van der Waals surface area contributed by atoms with E-state index in [1.807, 2.05) is 0 Å². The van der Waals surface area contributed by atoms with E-state index in [-0.39, 0.29) is 12.1 Å². The topological polar surface area (TPSA) is 0 Å². The van der Waals surface area contributed by atoms with Crippen LogP contribution < -0.4 is 10.9 Å². The minimum atomic E-state index is -0.0195. The normalized spacial score (nSPS) is 14.1. The van der Waals surface area contributed by atoms with E-state index in [0.29, 0.717) is 0 Å². The minimum Gasteiger partial charge on any atom is -0.0923 e. The summed E-state index contributed by atoms with van der Waals surface area (Å²) in [5.41, 5.74) is 14.9. The molecule has 0 atom stereocenters. The Balaban J connectivity index is 1.44. The highest BCUT2D eigenvalue weighted by atomic mass is 14.4. The molecule has 0 aromatic heterocycles. The molecule has 0 spiro atoms. The molecule has 6 aromatic rings. The maximum atomic E-state index is 2.45. The summed E-state index contributed by atoms with van der Waals surface area (Å²) in [6, 6.07) is 42.9. The van der Waals surface area contributed by atoms with Crippen LogP contribution in [-0.4, -0.2) is 6.71 Å². The van der Waals surface area contributed by atoms with E-state index in [1.165, 1.54) is 82.5 Å². The molecule has 0 aliphatic heterocycles. The van der Waals surface area contributed by atoms with Gasteiger partial charge in [-0.1, -0.05) is 163 Å². The van der Waals surface area contributed by atoms with Crippen molar-refractivity contribution in [1.82, 2.24) is 0 Å². The largest absolute Gasteiger partial charge is 0.243 e. The van der Waals surface area contributed by atoms with Crippen LogP contribution in [0.3, 0.4) is 0 Å². The van der Waals surface area contributed by atoms with Gasteiger partial charge in [-0.05, 0) is 88.7 Å². The van der Waals surface area contributed by atoms with Crippen molar-refractivity contribution in [3.05, 3.63) is 161 Å². The Hall–Kier alpha value is -4.62. The van der Waals surface area contributed by atoms with Crippen LogP contribution in [0.5, 0.6) is 0 Å². The molecule has 7 rings (SSSR count). The van der Waals surface area contributed by atoms with Crippen LogP contribution >= 0.6 is 0 Å². The average Bonchev–Trinajstić information content (AvgIpc) is 3.28. The molecule has 0 nitrogen and oxygen atoms in total. The van der Waals surface area contributed by atoms with Gasteiger partial charge in [-0.25, -0.2) is 0 Å². The summed E-state index contributed by atoms with van der Waals surface area (Å²) < 4.78 is 0. The zero-order valence-electron chi connectivity index (χ0n) is 26.7. The van der Waals surface area contributed by atoms with E-state index in [2.05, 4.69) is 169 Å². The zero-order chi connectivity index (χ0) is 30.6. The fourth-order valence-corrected chi connectivity index (χ4v) is 7.67. The van der Waals surface area contributed by atoms with Gasteiger partial charge in [-0.15, -0.1) is 0 Å². The van der Waals surface area contributed by atoms with Crippen LogP contribution in [0.2, 0.25) is 0 Å². The highest BCUT2D eigenvalue weighted by Gasteiger charge is 2.35. The second kappa shape index (κ2) is 10.8. The Morgan fingerprint density at radius 2 is 1.16 bits per heavy atom. The van der Waals surface area contributed by atoms with Crippen molar-refractivity contribution in [1.29, 1.82) is 0 Å². The standard InChI is InChI=1S/C43H39B/c1-7-34(26-30(4)33-24-25-38-37-18-12-13-19-39(37)43(5,6)40(38)27-33)44(41-28(2)20-22-31-14-8-10-16-35(31)41)42-29(3)21-23-32-15-9-11-17-36(32)42/h7-27H,1-6H3/b30-26+,34-7+. The van der Waals surface area contributed by atoms with Crippen molar-refractivity contribution in [3.63, 3.8) is 0 Å². The summed E-state index contributed by atoms with van der Waals surface area (Å²) >= 11 is 0. The molecule has 6 aromatic carbocycles. The minimum absolute atomic E-state index is 0.0195. The van der Waals surface area contributed by atoms with E-state index in [9.17, 15) is 0 Å². The first-order valence-electron chi connectivity index (χ1n) is 15.9. The second-order valence-corrected chi connectivity index (χ2v) is 13.0. The molecular formula is C43H39B. The molecule has 0 bridgehead atoms. The fourth-order valence-electron chi connectivity index (χ4n) is 7.67. The number of allylic oxidation sites excluding steroid dienone is 4. The van der Waals surface area contributed by atoms with Crippen LogP contribution in [0.1, 0.15) is 55.5 Å². The quantitative estimate of drug-likeness (QED) is 0.144. The Morgan fingerprint density at radius 3 is 1.77 bits per heavy atom. The number of hydrogen-bond donors (Lipinski definition) is 0. The molecular weight excluding hydrogens is 527 g/mol. The lowest BCUT2D eigenvalue weighted by Gasteiger charge is -2.25. The molecule has 0 heterocycles. The van der Waals surface area contributed by atoms with Crippen LogP contribution in [0.4, 0.5) is 0 Å². The predicted molar refractivity (Wildman–Crippen MR) is 194 cm³/mol. The van der Waals surface area contributed by atoms with E-state index < -0.39 is 0 Å². The SMILES string of the molecule is C/C=C(\C=C(/C)c1ccc2c(c1)C(C)(C)c1ccccc1-2)B(c1c(C)ccc2ccccc12)c1c(C)ccc2ccccc12. The Bertz CT molecular complexity index is 2050. The van der Waals surface area contributed by atoms with Crippen molar-refractivity contribution in [2.24, 2.45) is 0 Å². The van der Waals surface area contributed by atoms with Crippen LogP contribution in [-0.2, 0) is 5.41 Å². The first-order chi connectivity index (χ1) is 21.3. The molecule has 0 N–H and O–H groups in total. The Morgan fingerprint density at radius 1 is 0.614 bits per heavy atom. The molecule has 1 aliphatic rings. The Kier molecular flexibility index (Phi) is 6.93. The molecule has 0 amide bonds. The first kappa shape index (κ1) is 28.2. The predicted octanol–water partition coefficient (Wildman–Crippen LogP) is 10.1. The molecule has 1 heteroatoms. The van der Waals surface area contributed by atoms with Gasteiger partial charge in [-0.3, -0.25) is 0 Å². The van der Waals surface area contributed by atoms with Crippen molar-refractivity contribution in [2.75, 3.05) is 0 Å². The highest BCUT2D eigenvalue weighted by Crippen LogP contribution is 2.49. The third kappa shape index (κ3) is 4.46. The third-order valence-electron chi connectivity index (χ3n) is 10.0. The zero-order valence-corrected chi connectivity index (χ0v) is 26.7. The summed E-state index contributed by atoms with van der Waals surface area (Å²) in [5.74, 6) is 0. The van der Waals surface area contributed by atoms with E-state index in [4.69, 9.17) is 0 Å². The molecule has 1 aliphatic carbocycles. The molecule has 44 heavy (non-hydrogen) atoms. The number of benzene rings is 6. The molecule has 0 radical (unpaired) electrons. The number of hydrogen-bond acceptors (Lipinski definition) is 0. The van der Waals surface area contributed by atoms with Gasteiger partial charge < -0.3 is 0 Å². The maximum Gasteiger partial charge on any atom is 0.243 e. The van der Waals surface area contributed by atoms with Gasteiger partial charge >= 0.3 is 0 Å². The Labute approximate surface area is 262 Å². The summed E-state index contributed by atoms with van der Waals surface area (Å²) in [6.07, 6.45) is 4.79. The molecule has 0 saturated heterocycles.